The Morgan fingerprint density at radius 2 is 2.05 bits per heavy atom. The Kier molecular flexibility index (Phi) is 6.77. The fraction of sp³-hybridized carbons (Fsp3) is 0.562. The molecule has 0 radical (unpaired) electrons. The summed E-state index contributed by atoms with van der Waals surface area (Å²) in [6.07, 6.45) is 0.915. The maximum absolute atomic E-state index is 6.05. The normalized spacial score (nSPS) is 19.8. The quantitative estimate of drug-likeness (QED) is 0.462. The highest BCUT2D eigenvalue weighted by atomic mass is 127. The minimum atomic E-state index is -0.171. The van der Waals surface area contributed by atoms with Crippen molar-refractivity contribution in [3.63, 3.8) is 0 Å². The van der Waals surface area contributed by atoms with Crippen LogP contribution in [0.25, 0.3) is 0 Å². The molecular weight excluding hydrogens is 377 g/mol. The summed E-state index contributed by atoms with van der Waals surface area (Å²) in [5, 5.41) is 6.82. The number of hydrogen-bond acceptors (Lipinski definition) is 2. The zero-order valence-electron chi connectivity index (χ0n) is 13.3. The van der Waals surface area contributed by atoms with Crippen molar-refractivity contribution in [1.82, 2.24) is 10.6 Å². The molecule has 5 heteroatoms. The molecule has 118 valence electrons. The number of benzene rings is 1. The molecule has 0 amide bonds. The van der Waals surface area contributed by atoms with E-state index < -0.39 is 0 Å². The summed E-state index contributed by atoms with van der Waals surface area (Å²) < 4.78 is 6.05. The number of ether oxygens (including phenoxy) is 1. The highest BCUT2D eigenvalue weighted by Crippen LogP contribution is 2.39. The fourth-order valence-electron chi connectivity index (χ4n) is 2.57. The molecule has 1 unspecified atom stereocenters. The van der Waals surface area contributed by atoms with Gasteiger partial charge in [-0.3, -0.25) is 4.99 Å². The lowest BCUT2D eigenvalue weighted by Crippen LogP contribution is -2.45. The van der Waals surface area contributed by atoms with Crippen molar-refractivity contribution in [3.8, 4) is 5.75 Å². The first-order chi connectivity index (χ1) is 9.55. The number of rotatable bonds is 3. The minimum Gasteiger partial charge on any atom is -0.487 e. The van der Waals surface area contributed by atoms with Gasteiger partial charge in [-0.2, -0.15) is 0 Å². The number of aliphatic imine (C=N–C) groups is 1. The molecule has 0 bridgehead atoms. The van der Waals surface area contributed by atoms with Crippen molar-refractivity contribution in [3.05, 3.63) is 29.8 Å². The van der Waals surface area contributed by atoms with Crippen LogP contribution in [0.1, 0.15) is 45.7 Å². The van der Waals surface area contributed by atoms with Crippen molar-refractivity contribution in [1.29, 1.82) is 0 Å². The van der Waals surface area contributed by atoms with Gasteiger partial charge in [-0.15, -0.1) is 24.0 Å². The van der Waals surface area contributed by atoms with E-state index in [1.807, 2.05) is 19.1 Å². The van der Waals surface area contributed by atoms with Crippen LogP contribution in [-0.4, -0.2) is 24.7 Å². The Balaban J connectivity index is 0.00000220. The Hall–Kier alpha value is -0.980. The summed E-state index contributed by atoms with van der Waals surface area (Å²) >= 11 is 0. The van der Waals surface area contributed by atoms with E-state index in [0.29, 0.717) is 0 Å². The smallest absolute Gasteiger partial charge is 0.191 e. The molecule has 1 aliphatic rings. The molecule has 1 atom stereocenters. The third kappa shape index (κ3) is 4.76. The van der Waals surface area contributed by atoms with Gasteiger partial charge in [0.05, 0.1) is 6.04 Å². The van der Waals surface area contributed by atoms with Gasteiger partial charge in [0, 0.05) is 25.1 Å². The van der Waals surface area contributed by atoms with E-state index in [2.05, 4.69) is 48.5 Å². The summed E-state index contributed by atoms with van der Waals surface area (Å²) in [6, 6.07) is 8.45. The Morgan fingerprint density at radius 3 is 2.71 bits per heavy atom. The second-order valence-electron chi connectivity index (χ2n) is 5.65. The monoisotopic (exact) mass is 403 g/mol. The maximum Gasteiger partial charge on any atom is 0.191 e. The third-order valence-electron chi connectivity index (χ3n) is 3.35. The molecule has 0 aliphatic carbocycles. The van der Waals surface area contributed by atoms with Gasteiger partial charge in [0.1, 0.15) is 11.4 Å². The lowest BCUT2D eigenvalue weighted by atomic mass is 9.90. The highest BCUT2D eigenvalue weighted by Gasteiger charge is 2.33. The molecule has 0 spiro atoms. The predicted octanol–water partition coefficient (Wildman–Crippen LogP) is 3.48. The summed E-state index contributed by atoms with van der Waals surface area (Å²) in [7, 11) is 0. The van der Waals surface area contributed by atoms with Crippen LogP contribution in [0.5, 0.6) is 5.75 Å². The third-order valence-corrected chi connectivity index (χ3v) is 3.35. The van der Waals surface area contributed by atoms with Crippen LogP contribution >= 0.6 is 24.0 Å². The molecule has 1 aliphatic heterocycles. The molecule has 0 saturated heterocycles. The summed E-state index contributed by atoms with van der Waals surface area (Å²) in [5.74, 6) is 1.83. The first kappa shape index (κ1) is 18.1. The summed E-state index contributed by atoms with van der Waals surface area (Å²) in [6.45, 7) is 10.0. The first-order valence-corrected chi connectivity index (χ1v) is 7.38. The molecule has 1 aromatic carbocycles. The van der Waals surface area contributed by atoms with E-state index in [-0.39, 0.29) is 35.6 Å². The molecule has 1 aromatic rings. The van der Waals surface area contributed by atoms with E-state index in [0.717, 1.165) is 31.2 Å². The number of para-hydroxylation sites is 1. The molecule has 0 aromatic heterocycles. The van der Waals surface area contributed by atoms with Crippen LogP contribution in [0, 0.1) is 0 Å². The van der Waals surface area contributed by atoms with E-state index in [1.54, 1.807) is 0 Å². The number of nitrogens with zero attached hydrogens (tertiary/aromatic N) is 1. The fourth-order valence-corrected chi connectivity index (χ4v) is 2.57. The molecule has 1 heterocycles. The van der Waals surface area contributed by atoms with Crippen molar-refractivity contribution < 1.29 is 4.74 Å². The Labute approximate surface area is 144 Å². The standard InChI is InChI=1S/C16H25N3O.HI/c1-5-17-15(18-6-2)19-13-11-16(3,4)20-14-10-8-7-9-12(13)14;/h7-10,13H,5-6,11H2,1-4H3,(H2,17,18,19);1H. The predicted molar refractivity (Wildman–Crippen MR) is 98.7 cm³/mol. The second-order valence-corrected chi connectivity index (χ2v) is 5.65. The Bertz CT molecular complexity index is 488. The van der Waals surface area contributed by atoms with Crippen LogP contribution in [0.3, 0.4) is 0 Å². The minimum absolute atomic E-state index is 0. The molecular formula is C16H26IN3O. The van der Waals surface area contributed by atoms with Crippen molar-refractivity contribution >= 4 is 29.9 Å². The molecule has 0 saturated carbocycles. The van der Waals surface area contributed by atoms with Crippen molar-refractivity contribution in [2.45, 2.75) is 45.8 Å². The topological polar surface area (TPSA) is 45.7 Å². The molecule has 2 N–H and O–H groups in total. The van der Waals surface area contributed by atoms with Gasteiger partial charge in [-0.1, -0.05) is 18.2 Å². The van der Waals surface area contributed by atoms with Gasteiger partial charge in [0.25, 0.3) is 0 Å². The lowest BCUT2D eigenvalue weighted by Gasteiger charge is -2.38. The number of nitrogens with one attached hydrogen (secondary N) is 2. The number of guanidine groups is 1. The van der Waals surface area contributed by atoms with Gasteiger partial charge >= 0.3 is 0 Å². The van der Waals surface area contributed by atoms with E-state index >= 15 is 0 Å². The molecule has 4 nitrogen and oxygen atoms in total. The van der Waals surface area contributed by atoms with Crippen LogP contribution in [0.15, 0.2) is 29.3 Å². The van der Waals surface area contributed by atoms with E-state index in [9.17, 15) is 0 Å². The zero-order chi connectivity index (χ0) is 14.6. The van der Waals surface area contributed by atoms with Crippen LogP contribution in [0.4, 0.5) is 0 Å². The lowest BCUT2D eigenvalue weighted by molar-refractivity contribution is 0.0694. The summed E-state index contributed by atoms with van der Waals surface area (Å²) in [4.78, 5) is 4.48. The number of hydrogen-bond donors (Lipinski definition) is 2. The molecule has 0 fully saturated rings. The average molecular weight is 403 g/mol. The van der Waals surface area contributed by atoms with Gasteiger partial charge in [-0.05, 0) is 33.8 Å². The van der Waals surface area contributed by atoms with Crippen LogP contribution in [0.2, 0.25) is 0 Å². The highest BCUT2D eigenvalue weighted by molar-refractivity contribution is 14.0. The van der Waals surface area contributed by atoms with Gasteiger partial charge in [-0.25, -0.2) is 0 Å². The van der Waals surface area contributed by atoms with Crippen LogP contribution in [-0.2, 0) is 0 Å². The second kappa shape index (κ2) is 7.87. The van der Waals surface area contributed by atoms with Gasteiger partial charge in [0.2, 0.25) is 0 Å². The first-order valence-electron chi connectivity index (χ1n) is 7.38. The average Bonchev–Trinajstić information content (AvgIpc) is 2.38. The molecule has 2 rings (SSSR count). The zero-order valence-corrected chi connectivity index (χ0v) is 15.6. The van der Waals surface area contributed by atoms with E-state index in [1.165, 1.54) is 5.56 Å². The van der Waals surface area contributed by atoms with E-state index in [4.69, 9.17) is 4.74 Å². The largest absolute Gasteiger partial charge is 0.487 e. The maximum atomic E-state index is 6.05. The van der Waals surface area contributed by atoms with Crippen LogP contribution < -0.4 is 15.4 Å². The van der Waals surface area contributed by atoms with Gasteiger partial charge < -0.3 is 15.4 Å². The number of halogens is 1. The number of fused-ring (bicyclic) bond motifs is 1. The Morgan fingerprint density at radius 1 is 1.33 bits per heavy atom. The summed E-state index contributed by atoms with van der Waals surface area (Å²) in [5.41, 5.74) is 1.03. The SMILES string of the molecule is CCN=C(NCC)NC1CC(C)(C)Oc2ccccc21.I. The van der Waals surface area contributed by atoms with Crippen molar-refractivity contribution in [2.75, 3.05) is 13.1 Å². The molecule has 21 heavy (non-hydrogen) atoms. The van der Waals surface area contributed by atoms with Crippen molar-refractivity contribution in [2.24, 2.45) is 4.99 Å². The van der Waals surface area contributed by atoms with Gasteiger partial charge in [0.15, 0.2) is 5.96 Å².